The zero-order chi connectivity index (χ0) is 10.2. The minimum atomic E-state index is 0.297. The van der Waals surface area contributed by atoms with Crippen LogP contribution >= 0.6 is 0 Å². The molecule has 14 heavy (non-hydrogen) atoms. The number of carbonyl (C=O) groups is 1. The molecule has 1 saturated heterocycles. The average molecular weight is 199 g/mol. The minimum Gasteiger partial charge on any atom is -0.396 e. The Morgan fingerprint density at radius 2 is 2.07 bits per heavy atom. The van der Waals surface area contributed by atoms with Crippen LogP contribution in [0.5, 0.6) is 0 Å². The molecule has 1 rings (SSSR count). The molecule has 0 aromatic rings. The van der Waals surface area contributed by atoms with Crippen LogP contribution in [0.25, 0.3) is 0 Å². The van der Waals surface area contributed by atoms with Crippen LogP contribution in [0.4, 0.5) is 0 Å². The molecule has 0 aliphatic carbocycles. The van der Waals surface area contributed by atoms with E-state index >= 15 is 0 Å². The molecular formula is C11H21NO2. The second-order valence-corrected chi connectivity index (χ2v) is 4.11. The Morgan fingerprint density at radius 3 is 2.64 bits per heavy atom. The second kappa shape index (κ2) is 6.96. The zero-order valence-electron chi connectivity index (χ0n) is 8.82. The molecule has 1 heterocycles. The Labute approximate surface area is 86.1 Å². The van der Waals surface area contributed by atoms with Gasteiger partial charge in [-0.25, -0.2) is 0 Å². The van der Waals surface area contributed by atoms with Crippen molar-refractivity contribution in [2.24, 2.45) is 5.92 Å². The van der Waals surface area contributed by atoms with E-state index in [-0.39, 0.29) is 0 Å². The maximum absolute atomic E-state index is 10.2. The molecule has 0 unspecified atom stereocenters. The fourth-order valence-corrected chi connectivity index (χ4v) is 2.10. The highest BCUT2D eigenvalue weighted by Crippen LogP contribution is 2.21. The van der Waals surface area contributed by atoms with Gasteiger partial charge in [0.05, 0.1) is 0 Å². The quantitative estimate of drug-likeness (QED) is 0.650. The predicted molar refractivity (Wildman–Crippen MR) is 56.2 cm³/mol. The number of nitrogens with zero attached hydrogens (tertiary/aromatic N) is 1. The fourth-order valence-electron chi connectivity index (χ4n) is 2.10. The van der Waals surface area contributed by atoms with Crippen molar-refractivity contribution in [3.63, 3.8) is 0 Å². The van der Waals surface area contributed by atoms with Crippen LogP contribution in [0.15, 0.2) is 0 Å². The fraction of sp³-hybridized carbons (Fsp3) is 0.909. The van der Waals surface area contributed by atoms with E-state index in [1.165, 1.54) is 12.8 Å². The Morgan fingerprint density at radius 1 is 1.36 bits per heavy atom. The highest BCUT2D eigenvalue weighted by atomic mass is 16.3. The smallest absolute Gasteiger partial charge is 0.120 e. The van der Waals surface area contributed by atoms with Crippen molar-refractivity contribution in [1.29, 1.82) is 0 Å². The average Bonchev–Trinajstić information content (AvgIpc) is 2.25. The van der Waals surface area contributed by atoms with Crippen LogP contribution in [0.2, 0.25) is 0 Å². The van der Waals surface area contributed by atoms with Gasteiger partial charge in [0, 0.05) is 19.6 Å². The molecule has 1 N–H and O–H groups in total. The summed E-state index contributed by atoms with van der Waals surface area (Å²) in [6, 6.07) is 0. The van der Waals surface area contributed by atoms with E-state index in [0.29, 0.717) is 6.61 Å². The van der Waals surface area contributed by atoms with Crippen LogP contribution in [-0.2, 0) is 4.79 Å². The number of aliphatic hydroxyl groups is 1. The van der Waals surface area contributed by atoms with Crippen molar-refractivity contribution >= 4 is 6.29 Å². The van der Waals surface area contributed by atoms with E-state index < -0.39 is 0 Å². The molecule has 1 aliphatic heterocycles. The van der Waals surface area contributed by atoms with Gasteiger partial charge in [0.2, 0.25) is 0 Å². The predicted octanol–water partition coefficient (Wildman–Crippen LogP) is 1.06. The van der Waals surface area contributed by atoms with Gasteiger partial charge < -0.3 is 14.8 Å². The van der Waals surface area contributed by atoms with E-state index in [1.807, 2.05) is 0 Å². The number of piperidine rings is 1. The number of carbonyl (C=O) groups excluding carboxylic acids is 1. The third-order valence-corrected chi connectivity index (χ3v) is 3.03. The van der Waals surface area contributed by atoms with Crippen LogP contribution in [0.3, 0.4) is 0 Å². The molecule has 0 aromatic carbocycles. The Balaban J connectivity index is 2.08. The lowest BCUT2D eigenvalue weighted by molar-refractivity contribution is -0.108. The van der Waals surface area contributed by atoms with Gasteiger partial charge in [-0.3, -0.25) is 0 Å². The molecule has 0 amide bonds. The molecule has 3 heteroatoms. The van der Waals surface area contributed by atoms with Crippen molar-refractivity contribution in [2.75, 3.05) is 26.2 Å². The number of likely N-dealkylation sites (tertiary alicyclic amines) is 1. The van der Waals surface area contributed by atoms with Crippen LogP contribution in [0, 0.1) is 5.92 Å². The van der Waals surface area contributed by atoms with Crippen molar-refractivity contribution in [3.05, 3.63) is 0 Å². The molecule has 82 valence electrons. The molecule has 1 aliphatic rings. The molecule has 0 bridgehead atoms. The van der Waals surface area contributed by atoms with Gasteiger partial charge in [0.15, 0.2) is 0 Å². The first-order valence-corrected chi connectivity index (χ1v) is 5.63. The summed E-state index contributed by atoms with van der Waals surface area (Å²) in [7, 11) is 0. The van der Waals surface area contributed by atoms with E-state index in [2.05, 4.69) is 4.90 Å². The highest BCUT2D eigenvalue weighted by molar-refractivity contribution is 5.49. The molecule has 0 aromatic heterocycles. The van der Waals surface area contributed by atoms with Gasteiger partial charge in [-0.05, 0) is 44.7 Å². The van der Waals surface area contributed by atoms with Gasteiger partial charge in [-0.1, -0.05) is 0 Å². The standard InChI is InChI=1S/C11H21NO2/c13-9-1-3-11-4-7-12(8-5-11)6-2-10-14/h9,11,14H,1-8,10H2. The summed E-state index contributed by atoms with van der Waals surface area (Å²) in [5, 5.41) is 8.70. The molecule has 0 radical (unpaired) electrons. The van der Waals surface area contributed by atoms with E-state index in [4.69, 9.17) is 5.11 Å². The molecule has 0 saturated carbocycles. The highest BCUT2D eigenvalue weighted by Gasteiger charge is 2.17. The van der Waals surface area contributed by atoms with Gasteiger partial charge in [-0.2, -0.15) is 0 Å². The van der Waals surface area contributed by atoms with Crippen molar-refractivity contribution in [1.82, 2.24) is 4.90 Å². The Bertz CT molecular complexity index is 153. The Kier molecular flexibility index (Phi) is 5.80. The molecule has 0 atom stereocenters. The summed E-state index contributed by atoms with van der Waals surface area (Å²) in [5.41, 5.74) is 0. The lowest BCUT2D eigenvalue weighted by atomic mass is 9.92. The van der Waals surface area contributed by atoms with E-state index in [9.17, 15) is 4.79 Å². The first-order chi connectivity index (χ1) is 6.86. The van der Waals surface area contributed by atoms with Crippen LogP contribution in [-0.4, -0.2) is 42.5 Å². The minimum absolute atomic E-state index is 0.297. The Hall–Kier alpha value is -0.410. The maximum Gasteiger partial charge on any atom is 0.120 e. The monoisotopic (exact) mass is 199 g/mol. The van der Waals surface area contributed by atoms with Gasteiger partial charge >= 0.3 is 0 Å². The van der Waals surface area contributed by atoms with Crippen molar-refractivity contribution in [2.45, 2.75) is 32.1 Å². The summed E-state index contributed by atoms with van der Waals surface area (Å²) in [5.74, 6) is 0.755. The van der Waals surface area contributed by atoms with Crippen LogP contribution in [0.1, 0.15) is 32.1 Å². The first-order valence-electron chi connectivity index (χ1n) is 5.63. The van der Waals surface area contributed by atoms with E-state index in [1.54, 1.807) is 0 Å². The molecular weight excluding hydrogens is 178 g/mol. The van der Waals surface area contributed by atoms with Crippen molar-refractivity contribution < 1.29 is 9.90 Å². The third-order valence-electron chi connectivity index (χ3n) is 3.03. The number of rotatable bonds is 6. The second-order valence-electron chi connectivity index (χ2n) is 4.11. The summed E-state index contributed by atoms with van der Waals surface area (Å²) >= 11 is 0. The van der Waals surface area contributed by atoms with Crippen molar-refractivity contribution in [3.8, 4) is 0 Å². The lowest BCUT2D eigenvalue weighted by Crippen LogP contribution is -2.34. The van der Waals surface area contributed by atoms with Crippen LogP contribution < -0.4 is 0 Å². The number of hydrogen-bond acceptors (Lipinski definition) is 3. The summed E-state index contributed by atoms with van der Waals surface area (Å²) < 4.78 is 0. The van der Waals surface area contributed by atoms with Gasteiger partial charge in [0.1, 0.15) is 6.29 Å². The summed E-state index contributed by atoms with van der Waals surface area (Å²) in [6.07, 6.45) is 6.15. The maximum atomic E-state index is 10.2. The largest absolute Gasteiger partial charge is 0.396 e. The summed E-state index contributed by atoms with van der Waals surface area (Å²) in [4.78, 5) is 12.6. The van der Waals surface area contributed by atoms with E-state index in [0.717, 1.165) is 51.1 Å². The first kappa shape index (κ1) is 11.7. The van der Waals surface area contributed by atoms with Gasteiger partial charge in [-0.15, -0.1) is 0 Å². The molecule has 0 spiro atoms. The van der Waals surface area contributed by atoms with Gasteiger partial charge in [0.25, 0.3) is 0 Å². The number of hydrogen-bond donors (Lipinski definition) is 1. The lowest BCUT2D eigenvalue weighted by Gasteiger charge is -2.31. The summed E-state index contributed by atoms with van der Waals surface area (Å²) in [6.45, 7) is 3.61. The number of aldehydes is 1. The molecule has 3 nitrogen and oxygen atoms in total. The topological polar surface area (TPSA) is 40.5 Å². The third kappa shape index (κ3) is 4.20. The number of aliphatic hydroxyl groups excluding tert-OH is 1. The zero-order valence-corrected chi connectivity index (χ0v) is 8.82. The molecule has 1 fully saturated rings. The normalized spacial score (nSPS) is 19.8. The SMILES string of the molecule is O=CCCC1CCN(CCCO)CC1.